The second-order valence-electron chi connectivity index (χ2n) is 4.91. The molecule has 0 amide bonds. The minimum absolute atomic E-state index is 0.00556. The monoisotopic (exact) mass is 298 g/mol. The SMILES string of the molecule is NC(=S)C1CCCC1NS(=O)(=O)Cc1ccccc1. The van der Waals surface area contributed by atoms with Crippen LogP contribution < -0.4 is 10.5 Å². The minimum Gasteiger partial charge on any atom is -0.393 e. The van der Waals surface area contributed by atoms with Crippen LogP contribution in [0.1, 0.15) is 24.8 Å². The van der Waals surface area contributed by atoms with Crippen molar-refractivity contribution in [2.75, 3.05) is 0 Å². The molecule has 0 radical (unpaired) electrons. The summed E-state index contributed by atoms with van der Waals surface area (Å²) in [5.41, 5.74) is 6.43. The van der Waals surface area contributed by atoms with E-state index in [4.69, 9.17) is 18.0 Å². The topological polar surface area (TPSA) is 72.2 Å². The van der Waals surface area contributed by atoms with E-state index in [1.165, 1.54) is 0 Å². The Kier molecular flexibility index (Phi) is 4.54. The van der Waals surface area contributed by atoms with Crippen LogP contribution in [-0.2, 0) is 15.8 Å². The summed E-state index contributed by atoms with van der Waals surface area (Å²) in [6, 6.07) is 8.99. The fourth-order valence-electron chi connectivity index (χ4n) is 2.51. The van der Waals surface area contributed by atoms with Gasteiger partial charge in [-0.1, -0.05) is 49.0 Å². The normalized spacial score (nSPS) is 23.4. The molecule has 0 saturated heterocycles. The highest BCUT2D eigenvalue weighted by Crippen LogP contribution is 2.26. The quantitative estimate of drug-likeness (QED) is 0.809. The average Bonchev–Trinajstić information content (AvgIpc) is 2.77. The Labute approximate surface area is 119 Å². The first kappa shape index (κ1) is 14.4. The zero-order valence-electron chi connectivity index (χ0n) is 10.6. The van der Waals surface area contributed by atoms with Crippen molar-refractivity contribution >= 4 is 27.2 Å². The molecule has 4 nitrogen and oxygen atoms in total. The summed E-state index contributed by atoms with van der Waals surface area (Å²) in [5.74, 6) is -0.0189. The fourth-order valence-corrected chi connectivity index (χ4v) is 4.25. The predicted molar refractivity (Wildman–Crippen MR) is 80.1 cm³/mol. The largest absolute Gasteiger partial charge is 0.393 e. The van der Waals surface area contributed by atoms with Crippen molar-refractivity contribution in [2.45, 2.75) is 31.1 Å². The van der Waals surface area contributed by atoms with E-state index in [-0.39, 0.29) is 17.7 Å². The van der Waals surface area contributed by atoms with Crippen molar-refractivity contribution in [2.24, 2.45) is 11.7 Å². The Bertz CT molecular complexity index is 543. The second kappa shape index (κ2) is 5.98. The van der Waals surface area contributed by atoms with Gasteiger partial charge in [0.2, 0.25) is 10.0 Å². The van der Waals surface area contributed by atoms with Gasteiger partial charge in [-0.05, 0) is 18.4 Å². The average molecular weight is 298 g/mol. The van der Waals surface area contributed by atoms with E-state index < -0.39 is 10.0 Å². The predicted octanol–water partition coefficient (Wildman–Crippen LogP) is 1.56. The van der Waals surface area contributed by atoms with Gasteiger partial charge in [0.1, 0.15) is 0 Å². The second-order valence-corrected chi connectivity index (χ2v) is 7.13. The van der Waals surface area contributed by atoms with E-state index >= 15 is 0 Å². The third kappa shape index (κ3) is 3.99. The van der Waals surface area contributed by atoms with Crippen molar-refractivity contribution in [1.29, 1.82) is 0 Å². The lowest BCUT2D eigenvalue weighted by atomic mass is 10.1. The first-order valence-electron chi connectivity index (χ1n) is 6.31. The van der Waals surface area contributed by atoms with Crippen molar-refractivity contribution in [3.8, 4) is 0 Å². The zero-order valence-corrected chi connectivity index (χ0v) is 12.2. The molecular weight excluding hydrogens is 280 g/mol. The van der Waals surface area contributed by atoms with Crippen LogP contribution in [-0.4, -0.2) is 19.4 Å². The molecule has 1 fully saturated rings. The first-order chi connectivity index (χ1) is 8.98. The molecule has 0 heterocycles. The van der Waals surface area contributed by atoms with Gasteiger partial charge in [0.25, 0.3) is 0 Å². The molecule has 0 bridgehead atoms. The highest BCUT2D eigenvalue weighted by Gasteiger charge is 2.32. The van der Waals surface area contributed by atoms with Gasteiger partial charge in [0.05, 0.1) is 10.7 Å². The van der Waals surface area contributed by atoms with Crippen molar-refractivity contribution in [3.63, 3.8) is 0 Å². The van der Waals surface area contributed by atoms with Crippen LogP contribution in [0.2, 0.25) is 0 Å². The van der Waals surface area contributed by atoms with E-state index in [0.717, 1.165) is 24.8 Å². The van der Waals surface area contributed by atoms with Crippen molar-refractivity contribution in [1.82, 2.24) is 4.72 Å². The summed E-state index contributed by atoms with van der Waals surface area (Å²) in [6.45, 7) is 0. The number of nitrogens with one attached hydrogen (secondary N) is 1. The Balaban J connectivity index is 2.03. The van der Waals surface area contributed by atoms with E-state index in [1.807, 2.05) is 18.2 Å². The molecule has 19 heavy (non-hydrogen) atoms. The molecule has 1 aliphatic rings. The molecule has 1 aromatic carbocycles. The molecular formula is C13H18N2O2S2. The summed E-state index contributed by atoms with van der Waals surface area (Å²) in [5, 5.41) is 0. The standard InChI is InChI=1S/C13H18N2O2S2/c14-13(18)11-7-4-8-12(11)15-19(16,17)9-10-5-2-1-3-6-10/h1-3,5-6,11-12,15H,4,7-9H2,(H2,14,18). The first-order valence-corrected chi connectivity index (χ1v) is 8.37. The van der Waals surface area contributed by atoms with E-state index in [9.17, 15) is 8.42 Å². The third-order valence-electron chi connectivity index (χ3n) is 3.41. The highest BCUT2D eigenvalue weighted by atomic mass is 32.2. The lowest BCUT2D eigenvalue weighted by Crippen LogP contribution is -2.42. The van der Waals surface area contributed by atoms with Crippen molar-refractivity contribution in [3.05, 3.63) is 35.9 Å². The van der Waals surface area contributed by atoms with Gasteiger partial charge in [-0.3, -0.25) is 0 Å². The van der Waals surface area contributed by atoms with Crippen LogP contribution in [0.15, 0.2) is 30.3 Å². The Morgan fingerprint density at radius 3 is 2.63 bits per heavy atom. The van der Waals surface area contributed by atoms with Gasteiger partial charge in [-0.15, -0.1) is 0 Å². The summed E-state index contributed by atoms with van der Waals surface area (Å²) >= 11 is 4.99. The smallest absolute Gasteiger partial charge is 0.216 e. The maximum Gasteiger partial charge on any atom is 0.216 e. The van der Waals surface area contributed by atoms with Gasteiger partial charge in [0, 0.05) is 12.0 Å². The summed E-state index contributed by atoms with van der Waals surface area (Å²) in [7, 11) is -3.35. The third-order valence-corrected chi connectivity index (χ3v) is 5.09. The van der Waals surface area contributed by atoms with Crippen LogP contribution in [0.25, 0.3) is 0 Å². The summed E-state index contributed by atoms with van der Waals surface area (Å²) in [6.07, 6.45) is 2.63. The Morgan fingerprint density at radius 2 is 2.00 bits per heavy atom. The molecule has 2 unspecified atom stereocenters. The van der Waals surface area contributed by atoms with Gasteiger partial charge < -0.3 is 5.73 Å². The van der Waals surface area contributed by atoms with E-state index in [1.54, 1.807) is 12.1 Å². The number of benzene rings is 1. The Morgan fingerprint density at radius 1 is 1.32 bits per heavy atom. The molecule has 6 heteroatoms. The molecule has 0 spiro atoms. The van der Waals surface area contributed by atoms with Gasteiger partial charge >= 0.3 is 0 Å². The van der Waals surface area contributed by atoms with E-state index in [0.29, 0.717) is 4.99 Å². The summed E-state index contributed by atoms with van der Waals surface area (Å²) in [4.78, 5) is 0.407. The molecule has 3 N–H and O–H groups in total. The minimum atomic E-state index is -3.35. The number of rotatable bonds is 5. The van der Waals surface area contributed by atoms with Gasteiger partial charge in [-0.25, -0.2) is 13.1 Å². The molecule has 104 valence electrons. The zero-order chi connectivity index (χ0) is 13.9. The van der Waals surface area contributed by atoms with E-state index in [2.05, 4.69) is 4.72 Å². The maximum absolute atomic E-state index is 12.1. The number of sulfonamides is 1. The number of thiocarbonyl (C=S) groups is 1. The van der Waals surface area contributed by atoms with Crippen LogP contribution in [0.5, 0.6) is 0 Å². The molecule has 2 atom stereocenters. The van der Waals surface area contributed by atoms with Crippen LogP contribution in [0.3, 0.4) is 0 Å². The number of hydrogen-bond donors (Lipinski definition) is 2. The summed E-state index contributed by atoms with van der Waals surface area (Å²) < 4.78 is 27.0. The lowest BCUT2D eigenvalue weighted by Gasteiger charge is -2.19. The Hall–Kier alpha value is -0.980. The van der Waals surface area contributed by atoms with Crippen LogP contribution in [0, 0.1) is 5.92 Å². The molecule has 0 aliphatic heterocycles. The lowest BCUT2D eigenvalue weighted by molar-refractivity contribution is 0.524. The number of hydrogen-bond acceptors (Lipinski definition) is 3. The van der Waals surface area contributed by atoms with Gasteiger partial charge in [-0.2, -0.15) is 0 Å². The maximum atomic E-state index is 12.1. The molecule has 1 aromatic rings. The van der Waals surface area contributed by atoms with Crippen molar-refractivity contribution < 1.29 is 8.42 Å². The molecule has 1 saturated carbocycles. The van der Waals surface area contributed by atoms with Gasteiger partial charge in [0.15, 0.2) is 0 Å². The number of nitrogens with two attached hydrogens (primary N) is 1. The van der Waals surface area contributed by atoms with Crippen LogP contribution in [0.4, 0.5) is 0 Å². The highest BCUT2D eigenvalue weighted by molar-refractivity contribution is 7.88. The molecule has 0 aromatic heterocycles. The fraction of sp³-hybridized carbons (Fsp3) is 0.462. The molecule has 1 aliphatic carbocycles. The molecule has 2 rings (SSSR count). The van der Waals surface area contributed by atoms with Crippen LogP contribution >= 0.6 is 12.2 Å².